The fourth-order valence-corrected chi connectivity index (χ4v) is 1.08. The SMILES string of the molecule is COC1=C(F)C(C)(F)CC(F)=C1F. The van der Waals surface area contributed by atoms with Gasteiger partial charge in [0.1, 0.15) is 5.83 Å². The van der Waals surface area contributed by atoms with Gasteiger partial charge < -0.3 is 4.74 Å². The van der Waals surface area contributed by atoms with E-state index in [0.717, 1.165) is 14.0 Å². The van der Waals surface area contributed by atoms with Gasteiger partial charge in [-0.1, -0.05) is 0 Å². The lowest BCUT2D eigenvalue weighted by Crippen LogP contribution is -2.25. The Morgan fingerprint density at radius 2 is 1.85 bits per heavy atom. The Morgan fingerprint density at radius 3 is 2.31 bits per heavy atom. The Balaban J connectivity index is 3.22. The predicted octanol–water partition coefficient (Wildman–Crippen LogP) is 3.10. The Hall–Kier alpha value is -1.00. The molecule has 1 atom stereocenters. The molecule has 13 heavy (non-hydrogen) atoms. The lowest BCUT2D eigenvalue weighted by Gasteiger charge is -2.23. The zero-order valence-corrected chi connectivity index (χ0v) is 7.13. The summed E-state index contributed by atoms with van der Waals surface area (Å²) in [5.41, 5.74) is -2.52. The normalized spacial score (nSPS) is 29.7. The maximum atomic E-state index is 13.2. The van der Waals surface area contributed by atoms with Gasteiger partial charge in [-0.25, -0.2) is 13.2 Å². The number of hydrogen-bond acceptors (Lipinski definition) is 1. The Morgan fingerprint density at radius 1 is 1.31 bits per heavy atom. The molecule has 0 spiro atoms. The molecular weight excluding hydrogens is 188 g/mol. The van der Waals surface area contributed by atoms with Gasteiger partial charge in [-0.2, -0.15) is 4.39 Å². The first-order valence-corrected chi connectivity index (χ1v) is 3.58. The summed E-state index contributed by atoms with van der Waals surface area (Å²) in [6.07, 6.45) is -0.933. The Labute approximate surface area is 72.7 Å². The van der Waals surface area contributed by atoms with Crippen LogP contribution in [0.1, 0.15) is 13.3 Å². The fourth-order valence-electron chi connectivity index (χ4n) is 1.08. The van der Waals surface area contributed by atoms with Crippen molar-refractivity contribution in [3.8, 4) is 0 Å². The second-order valence-electron chi connectivity index (χ2n) is 2.94. The number of methoxy groups -OCH3 is 1. The number of alkyl halides is 1. The van der Waals surface area contributed by atoms with Crippen LogP contribution < -0.4 is 0 Å². The van der Waals surface area contributed by atoms with Crippen LogP contribution in [-0.2, 0) is 4.74 Å². The summed E-state index contributed by atoms with van der Waals surface area (Å²) in [6.45, 7) is 0.827. The first-order chi connectivity index (χ1) is 5.90. The van der Waals surface area contributed by atoms with Gasteiger partial charge in [0.05, 0.1) is 7.11 Å². The largest absolute Gasteiger partial charge is 0.491 e. The molecule has 74 valence electrons. The number of hydrogen-bond donors (Lipinski definition) is 0. The Bertz CT molecular complexity index is 291. The monoisotopic (exact) mass is 196 g/mol. The third-order valence-electron chi connectivity index (χ3n) is 1.79. The van der Waals surface area contributed by atoms with Crippen molar-refractivity contribution in [1.29, 1.82) is 0 Å². The summed E-state index contributed by atoms with van der Waals surface area (Å²) < 4.78 is 55.8. The van der Waals surface area contributed by atoms with Crippen LogP contribution in [0, 0.1) is 0 Å². The van der Waals surface area contributed by atoms with Crippen molar-refractivity contribution in [2.24, 2.45) is 0 Å². The summed E-state index contributed by atoms with van der Waals surface area (Å²) in [7, 11) is 0.948. The molecule has 0 radical (unpaired) electrons. The van der Waals surface area contributed by atoms with E-state index in [1.807, 2.05) is 0 Å². The van der Waals surface area contributed by atoms with Gasteiger partial charge >= 0.3 is 0 Å². The highest BCUT2D eigenvalue weighted by Gasteiger charge is 2.41. The molecule has 0 aromatic rings. The van der Waals surface area contributed by atoms with Gasteiger partial charge in [-0.15, -0.1) is 0 Å². The molecular formula is C8H8F4O. The van der Waals surface area contributed by atoms with Crippen LogP contribution in [0.4, 0.5) is 17.6 Å². The molecule has 1 rings (SSSR count). The van der Waals surface area contributed by atoms with E-state index in [-0.39, 0.29) is 0 Å². The molecule has 0 saturated carbocycles. The molecule has 0 aromatic heterocycles. The highest BCUT2D eigenvalue weighted by Crippen LogP contribution is 2.41. The van der Waals surface area contributed by atoms with E-state index in [2.05, 4.69) is 4.74 Å². The van der Waals surface area contributed by atoms with E-state index in [1.54, 1.807) is 0 Å². The van der Waals surface area contributed by atoms with Crippen molar-refractivity contribution < 1.29 is 22.3 Å². The van der Waals surface area contributed by atoms with Crippen molar-refractivity contribution in [2.45, 2.75) is 19.0 Å². The summed E-state index contributed by atoms with van der Waals surface area (Å²) in [5, 5.41) is 0. The second-order valence-corrected chi connectivity index (χ2v) is 2.94. The number of ether oxygens (including phenoxy) is 1. The van der Waals surface area contributed by atoms with Gasteiger partial charge in [0.2, 0.25) is 0 Å². The van der Waals surface area contributed by atoms with Crippen LogP contribution in [0.5, 0.6) is 0 Å². The molecule has 1 aliphatic rings. The lowest BCUT2D eigenvalue weighted by molar-refractivity contribution is 0.146. The van der Waals surface area contributed by atoms with E-state index in [1.165, 1.54) is 0 Å². The summed E-state index contributed by atoms with van der Waals surface area (Å²) >= 11 is 0. The molecule has 1 aliphatic carbocycles. The van der Waals surface area contributed by atoms with Gasteiger partial charge in [0.15, 0.2) is 23.1 Å². The standard InChI is InChI=1S/C8H8F4O/c1-8(12)3-4(9)5(10)6(13-2)7(8)11/h3H2,1-2H3. The van der Waals surface area contributed by atoms with E-state index >= 15 is 0 Å². The number of allylic oxidation sites excluding steroid dienone is 3. The molecule has 1 unspecified atom stereocenters. The minimum absolute atomic E-state index is 0.827. The number of halogens is 4. The molecule has 0 heterocycles. The molecule has 0 fully saturated rings. The molecule has 1 nitrogen and oxygen atoms in total. The Kier molecular flexibility index (Phi) is 2.36. The van der Waals surface area contributed by atoms with Crippen molar-refractivity contribution >= 4 is 0 Å². The van der Waals surface area contributed by atoms with E-state index < -0.39 is 35.3 Å². The average Bonchev–Trinajstić information content (AvgIpc) is 2.02. The van der Waals surface area contributed by atoms with E-state index in [9.17, 15) is 17.6 Å². The zero-order chi connectivity index (χ0) is 10.2. The minimum Gasteiger partial charge on any atom is -0.491 e. The second kappa shape index (κ2) is 3.05. The zero-order valence-electron chi connectivity index (χ0n) is 7.13. The van der Waals surface area contributed by atoms with E-state index in [4.69, 9.17) is 0 Å². The molecule has 5 heteroatoms. The third kappa shape index (κ3) is 1.55. The average molecular weight is 196 g/mol. The van der Waals surface area contributed by atoms with Crippen LogP contribution in [0.15, 0.2) is 23.2 Å². The van der Waals surface area contributed by atoms with Crippen molar-refractivity contribution in [2.75, 3.05) is 7.11 Å². The minimum atomic E-state index is -2.52. The van der Waals surface area contributed by atoms with Gasteiger partial charge in [-0.05, 0) is 6.92 Å². The summed E-state index contributed by atoms with van der Waals surface area (Å²) in [5.74, 6) is -5.19. The van der Waals surface area contributed by atoms with Crippen LogP contribution in [-0.4, -0.2) is 12.8 Å². The van der Waals surface area contributed by atoms with Gasteiger partial charge in [0.25, 0.3) is 0 Å². The molecule has 0 aromatic carbocycles. The third-order valence-corrected chi connectivity index (χ3v) is 1.79. The highest BCUT2D eigenvalue weighted by molar-refractivity contribution is 5.35. The first kappa shape index (κ1) is 10.1. The quantitative estimate of drug-likeness (QED) is 0.585. The van der Waals surface area contributed by atoms with Crippen LogP contribution in [0.3, 0.4) is 0 Å². The smallest absolute Gasteiger partial charge is 0.199 e. The molecule has 0 amide bonds. The first-order valence-electron chi connectivity index (χ1n) is 3.58. The molecule has 0 bridgehead atoms. The number of rotatable bonds is 1. The predicted molar refractivity (Wildman–Crippen MR) is 38.5 cm³/mol. The lowest BCUT2D eigenvalue weighted by atomic mass is 9.96. The molecule has 0 aliphatic heterocycles. The molecule has 0 N–H and O–H groups in total. The maximum Gasteiger partial charge on any atom is 0.199 e. The highest BCUT2D eigenvalue weighted by atomic mass is 19.2. The maximum absolute atomic E-state index is 13.2. The van der Waals surface area contributed by atoms with Crippen molar-refractivity contribution in [3.63, 3.8) is 0 Å². The summed E-state index contributed by atoms with van der Waals surface area (Å²) in [6, 6.07) is 0. The van der Waals surface area contributed by atoms with Crippen LogP contribution in [0.25, 0.3) is 0 Å². The summed E-state index contributed by atoms with van der Waals surface area (Å²) in [4.78, 5) is 0. The fraction of sp³-hybridized carbons (Fsp3) is 0.500. The molecule has 0 saturated heterocycles. The topological polar surface area (TPSA) is 9.23 Å². The van der Waals surface area contributed by atoms with Crippen LogP contribution in [0.2, 0.25) is 0 Å². The van der Waals surface area contributed by atoms with Crippen LogP contribution >= 0.6 is 0 Å². The van der Waals surface area contributed by atoms with E-state index in [0.29, 0.717) is 0 Å². The van der Waals surface area contributed by atoms with Gasteiger partial charge in [0, 0.05) is 6.42 Å². The van der Waals surface area contributed by atoms with Crippen molar-refractivity contribution in [3.05, 3.63) is 23.2 Å². The van der Waals surface area contributed by atoms with Gasteiger partial charge in [-0.3, -0.25) is 0 Å². The van der Waals surface area contributed by atoms with Crippen molar-refractivity contribution in [1.82, 2.24) is 0 Å².